The van der Waals surface area contributed by atoms with Gasteiger partial charge in [-0.15, -0.1) is 21.5 Å². The van der Waals surface area contributed by atoms with Gasteiger partial charge in [0.2, 0.25) is 0 Å². The molecule has 0 atom stereocenters. The smallest absolute Gasteiger partial charge is 0.191 e. The van der Waals surface area contributed by atoms with E-state index in [0.29, 0.717) is 0 Å². The molecule has 0 saturated heterocycles. The number of hydrogen-bond donors (Lipinski definition) is 0. The van der Waals surface area contributed by atoms with Crippen LogP contribution in [0.1, 0.15) is 23.9 Å². The molecule has 2 aromatic carbocycles. The van der Waals surface area contributed by atoms with E-state index in [4.69, 9.17) is 4.98 Å². The number of aryl methyl sites for hydroxylation is 1. The first kappa shape index (κ1) is 17.2. The molecule has 0 N–H and O–H groups in total. The molecule has 0 bridgehead atoms. The highest BCUT2D eigenvalue weighted by Crippen LogP contribution is 2.30. The molecule has 0 spiro atoms. The van der Waals surface area contributed by atoms with Crippen LogP contribution in [0.25, 0.3) is 21.6 Å². The monoisotopic (exact) mass is 380 g/mol. The Hall–Kier alpha value is -2.18. The average Bonchev–Trinajstić information content (AvgIpc) is 3.24. The van der Waals surface area contributed by atoms with Crippen LogP contribution >= 0.6 is 23.1 Å². The lowest BCUT2D eigenvalue weighted by atomic mass is 10.1. The number of rotatable bonds is 6. The maximum absolute atomic E-state index is 4.72. The third-order valence-electron chi connectivity index (χ3n) is 4.10. The minimum absolute atomic E-state index is 0.814. The summed E-state index contributed by atoms with van der Waals surface area (Å²) < 4.78 is 3.46. The highest BCUT2D eigenvalue weighted by molar-refractivity contribution is 7.98. The Morgan fingerprint density at radius 2 is 1.96 bits per heavy atom. The fourth-order valence-corrected chi connectivity index (χ4v) is 4.85. The summed E-state index contributed by atoms with van der Waals surface area (Å²) in [6, 6.07) is 16.7. The van der Waals surface area contributed by atoms with E-state index in [1.165, 1.54) is 10.3 Å². The lowest BCUT2D eigenvalue weighted by molar-refractivity contribution is 0.626. The van der Waals surface area contributed by atoms with E-state index >= 15 is 0 Å². The van der Waals surface area contributed by atoms with Gasteiger partial charge in [0.15, 0.2) is 11.0 Å². The summed E-state index contributed by atoms with van der Waals surface area (Å²) in [7, 11) is 0. The lowest BCUT2D eigenvalue weighted by Crippen LogP contribution is -2.02. The molecule has 4 rings (SSSR count). The molecule has 0 aliphatic carbocycles. The molecule has 4 nitrogen and oxygen atoms in total. The first-order valence-electron chi connectivity index (χ1n) is 8.72. The van der Waals surface area contributed by atoms with Crippen molar-refractivity contribution in [1.29, 1.82) is 0 Å². The van der Waals surface area contributed by atoms with Gasteiger partial charge >= 0.3 is 0 Å². The summed E-state index contributed by atoms with van der Waals surface area (Å²) in [6.07, 6.45) is 1.05. The summed E-state index contributed by atoms with van der Waals surface area (Å²) >= 11 is 3.46. The minimum atomic E-state index is 0.814. The molecule has 0 aliphatic heterocycles. The van der Waals surface area contributed by atoms with Crippen molar-refractivity contribution in [2.24, 2.45) is 0 Å². The van der Waals surface area contributed by atoms with Gasteiger partial charge in [-0.05, 0) is 31.5 Å². The summed E-state index contributed by atoms with van der Waals surface area (Å²) in [5.74, 6) is 1.76. The van der Waals surface area contributed by atoms with E-state index in [-0.39, 0.29) is 0 Å². The largest absolute Gasteiger partial charge is 0.302 e. The number of fused-ring (bicyclic) bond motifs is 1. The Labute approximate surface area is 161 Å². The highest BCUT2D eigenvalue weighted by atomic mass is 32.2. The van der Waals surface area contributed by atoms with Crippen molar-refractivity contribution in [3.05, 3.63) is 59.1 Å². The Kier molecular flexibility index (Phi) is 5.04. The molecule has 26 heavy (non-hydrogen) atoms. The molecule has 2 aromatic heterocycles. The number of benzene rings is 2. The van der Waals surface area contributed by atoms with Gasteiger partial charge < -0.3 is 4.57 Å². The summed E-state index contributed by atoms with van der Waals surface area (Å²) in [5, 5.41) is 11.0. The van der Waals surface area contributed by atoms with Crippen molar-refractivity contribution in [2.45, 2.75) is 37.7 Å². The Bertz CT molecular complexity index is 1000. The first-order chi connectivity index (χ1) is 12.7. The molecular weight excluding hydrogens is 360 g/mol. The van der Waals surface area contributed by atoms with Crippen molar-refractivity contribution in [1.82, 2.24) is 19.7 Å². The van der Waals surface area contributed by atoms with Gasteiger partial charge in [-0.1, -0.05) is 54.6 Å². The van der Waals surface area contributed by atoms with Gasteiger partial charge in [-0.25, -0.2) is 4.98 Å². The minimum Gasteiger partial charge on any atom is -0.302 e. The predicted molar refractivity (Wildman–Crippen MR) is 110 cm³/mol. The fourth-order valence-electron chi connectivity index (χ4n) is 2.93. The molecule has 0 saturated carbocycles. The molecule has 0 unspecified atom stereocenters. The SMILES string of the molecule is CCCn1c(SCc2nc3ccccc3s2)nnc1-c1cccc(C)c1. The van der Waals surface area contributed by atoms with E-state index in [1.54, 1.807) is 23.1 Å². The van der Waals surface area contributed by atoms with Crippen molar-refractivity contribution in [2.75, 3.05) is 0 Å². The number of thiazole rings is 1. The van der Waals surface area contributed by atoms with Gasteiger partial charge in [0.25, 0.3) is 0 Å². The molecule has 0 amide bonds. The molecule has 0 radical (unpaired) electrons. The maximum atomic E-state index is 4.72. The van der Waals surface area contributed by atoms with Gasteiger partial charge in [0, 0.05) is 12.1 Å². The normalized spacial score (nSPS) is 11.3. The molecule has 132 valence electrons. The molecule has 2 heterocycles. The third-order valence-corrected chi connectivity index (χ3v) is 6.30. The van der Waals surface area contributed by atoms with E-state index in [1.807, 2.05) is 6.07 Å². The zero-order chi connectivity index (χ0) is 17.9. The number of nitrogens with zero attached hydrogens (tertiary/aromatic N) is 4. The Morgan fingerprint density at radius 1 is 1.08 bits per heavy atom. The van der Waals surface area contributed by atoms with Crippen LogP contribution in [-0.4, -0.2) is 19.7 Å². The third kappa shape index (κ3) is 3.52. The summed E-state index contributed by atoms with van der Waals surface area (Å²) in [5.41, 5.74) is 3.43. The standard InChI is InChI=1S/C20H20N4S2/c1-3-11-24-19(15-8-6-7-14(2)12-15)22-23-20(24)25-13-18-21-16-9-4-5-10-17(16)26-18/h4-10,12H,3,11,13H2,1-2H3. The number of thioether (sulfide) groups is 1. The van der Waals surface area contributed by atoms with Crippen molar-refractivity contribution in [3.63, 3.8) is 0 Å². The van der Waals surface area contributed by atoms with Crippen molar-refractivity contribution < 1.29 is 0 Å². The Balaban J connectivity index is 1.59. The van der Waals surface area contributed by atoms with Crippen LogP contribution in [0.4, 0.5) is 0 Å². The molecular formula is C20H20N4S2. The summed E-state index contributed by atoms with van der Waals surface area (Å²) in [4.78, 5) is 4.72. The van der Waals surface area contributed by atoms with Crippen LogP contribution in [0, 0.1) is 6.92 Å². The zero-order valence-corrected chi connectivity index (χ0v) is 16.5. The van der Waals surface area contributed by atoms with Crippen LogP contribution in [0.3, 0.4) is 0 Å². The second-order valence-corrected chi connectivity index (χ2v) is 8.25. The topological polar surface area (TPSA) is 43.6 Å². The van der Waals surface area contributed by atoms with Crippen LogP contribution in [0.15, 0.2) is 53.7 Å². The van der Waals surface area contributed by atoms with E-state index in [2.05, 4.69) is 71.1 Å². The van der Waals surface area contributed by atoms with Crippen LogP contribution < -0.4 is 0 Å². The van der Waals surface area contributed by atoms with Gasteiger partial charge in [0.1, 0.15) is 5.01 Å². The predicted octanol–water partition coefficient (Wildman–Crippen LogP) is 5.57. The molecule has 0 fully saturated rings. The summed E-state index contributed by atoms with van der Waals surface area (Å²) in [6.45, 7) is 5.20. The second kappa shape index (κ2) is 7.60. The number of aromatic nitrogens is 4. The van der Waals surface area contributed by atoms with Crippen molar-refractivity contribution in [3.8, 4) is 11.4 Å². The Morgan fingerprint density at radius 3 is 2.77 bits per heavy atom. The van der Waals surface area contributed by atoms with E-state index < -0.39 is 0 Å². The van der Waals surface area contributed by atoms with Crippen LogP contribution in [0.2, 0.25) is 0 Å². The molecule has 0 aliphatic rings. The number of para-hydroxylation sites is 1. The van der Waals surface area contributed by atoms with Gasteiger partial charge in [-0.3, -0.25) is 0 Å². The number of hydrogen-bond acceptors (Lipinski definition) is 5. The van der Waals surface area contributed by atoms with Crippen LogP contribution in [-0.2, 0) is 12.3 Å². The molecule has 6 heteroatoms. The van der Waals surface area contributed by atoms with Crippen molar-refractivity contribution >= 4 is 33.3 Å². The average molecular weight is 381 g/mol. The lowest BCUT2D eigenvalue weighted by Gasteiger charge is -2.08. The second-order valence-electron chi connectivity index (χ2n) is 6.19. The van der Waals surface area contributed by atoms with Gasteiger partial charge in [0.05, 0.1) is 16.0 Å². The van der Waals surface area contributed by atoms with Crippen LogP contribution in [0.5, 0.6) is 0 Å². The zero-order valence-electron chi connectivity index (χ0n) is 14.8. The van der Waals surface area contributed by atoms with E-state index in [0.717, 1.165) is 45.8 Å². The quantitative estimate of drug-likeness (QED) is 0.410. The van der Waals surface area contributed by atoms with Gasteiger partial charge in [-0.2, -0.15) is 0 Å². The fraction of sp³-hybridized carbons (Fsp3) is 0.250. The first-order valence-corrected chi connectivity index (χ1v) is 10.5. The van der Waals surface area contributed by atoms with E-state index in [9.17, 15) is 0 Å². The highest BCUT2D eigenvalue weighted by Gasteiger charge is 2.15. The maximum Gasteiger partial charge on any atom is 0.191 e. The molecule has 4 aromatic rings.